The molecule has 3 rings (SSSR count). The number of aromatic nitrogens is 1. The van der Waals surface area contributed by atoms with Gasteiger partial charge in [0.1, 0.15) is 5.75 Å². The van der Waals surface area contributed by atoms with Gasteiger partial charge in [0, 0.05) is 17.2 Å². The number of amides is 1. The minimum absolute atomic E-state index is 0.0439. The van der Waals surface area contributed by atoms with E-state index < -0.39 is 11.0 Å². The number of nitrogens with zero attached hydrogens (tertiary/aromatic N) is 2. The van der Waals surface area contributed by atoms with Gasteiger partial charge >= 0.3 is 0 Å². The average Bonchev–Trinajstić information content (AvgIpc) is 2.96. The van der Waals surface area contributed by atoms with Crippen molar-refractivity contribution >= 4 is 49.9 Å². The monoisotopic (exact) mass is 377 g/mol. The van der Waals surface area contributed by atoms with Gasteiger partial charge in [0.2, 0.25) is 0 Å². The zero-order chi connectivity index (χ0) is 18.0. The molecule has 0 saturated heterocycles. The molecule has 1 aromatic heterocycles. The fourth-order valence-corrected chi connectivity index (χ4v) is 3.21. The van der Waals surface area contributed by atoms with E-state index in [1.54, 1.807) is 25.1 Å². The van der Waals surface area contributed by atoms with Crippen LogP contribution in [0.15, 0.2) is 42.5 Å². The van der Waals surface area contributed by atoms with Gasteiger partial charge in [-0.05, 0) is 37.3 Å². The van der Waals surface area contributed by atoms with Gasteiger partial charge in [-0.2, -0.15) is 0 Å². The number of carbonyl (C=O) groups is 1. The quantitative estimate of drug-likeness (QED) is 0.529. The molecule has 0 aliphatic rings. The Morgan fingerprint density at radius 1 is 1.32 bits per heavy atom. The molecule has 128 valence electrons. The van der Waals surface area contributed by atoms with Gasteiger partial charge in [-0.3, -0.25) is 20.2 Å². The lowest BCUT2D eigenvalue weighted by atomic mass is 10.3. The van der Waals surface area contributed by atoms with Crippen LogP contribution in [-0.4, -0.2) is 21.9 Å². The van der Waals surface area contributed by atoms with Gasteiger partial charge in [-0.15, -0.1) is 0 Å². The van der Waals surface area contributed by atoms with Crippen LogP contribution in [0.3, 0.4) is 0 Å². The lowest BCUT2D eigenvalue weighted by Crippen LogP contribution is -2.30. The zero-order valence-corrected chi connectivity index (χ0v) is 14.5. The maximum atomic E-state index is 12.2. The van der Waals surface area contributed by atoms with Crippen molar-refractivity contribution in [3.8, 4) is 5.75 Å². The van der Waals surface area contributed by atoms with Crippen molar-refractivity contribution in [2.24, 2.45) is 0 Å². The highest BCUT2D eigenvalue weighted by atomic mass is 35.5. The lowest BCUT2D eigenvalue weighted by molar-refractivity contribution is -0.384. The number of hydrogen-bond donors (Lipinski definition) is 1. The summed E-state index contributed by atoms with van der Waals surface area (Å²) in [7, 11) is 0. The Kier molecular flexibility index (Phi) is 4.82. The van der Waals surface area contributed by atoms with Crippen molar-refractivity contribution in [1.29, 1.82) is 0 Å². The molecule has 0 spiro atoms. The minimum atomic E-state index is -0.794. The van der Waals surface area contributed by atoms with Crippen LogP contribution < -0.4 is 10.1 Å². The third-order valence-electron chi connectivity index (χ3n) is 3.31. The summed E-state index contributed by atoms with van der Waals surface area (Å²) in [6.07, 6.45) is -0.794. The van der Waals surface area contributed by atoms with Gasteiger partial charge < -0.3 is 4.74 Å². The molecule has 1 amide bonds. The number of nitro groups is 1. The Balaban J connectivity index is 1.66. The fraction of sp³-hybridized carbons (Fsp3) is 0.125. The molecule has 0 bridgehead atoms. The number of carbonyl (C=O) groups excluding carboxylic acids is 1. The number of rotatable bonds is 5. The van der Waals surface area contributed by atoms with Crippen LogP contribution in [-0.2, 0) is 4.79 Å². The van der Waals surface area contributed by atoms with Crippen LogP contribution in [0.1, 0.15) is 6.92 Å². The number of fused-ring (bicyclic) bond motifs is 1. The number of halogens is 1. The summed E-state index contributed by atoms with van der Waals surface area (Å²) in [5.41, 5.74) is 0.700. The van der Waals surface area contributed by atoms with Crippen LogP contribution in [0.5, 0.6) is 5.75 Å². The third-order valence-corrected chi connectivity index (χ3v) is 4.48. The Morgan fingerprint density at radius 3 is 2.72 bits per heavy atom. The van der Waals surface area contributed by atoms with Crippen molar-refractivity contribution in [2.75, 3.05) is 5.32 Å². The molecule has 1 N–H and O–H groups in total. The van der Waals surface area contributed by atoms with E-state index in [4.69, 9.17) is 16.3 Å². The smallest absolute Gasteiger partial charge is 0.269 e. The summed E-state index contributed by atoms with van der Waals surface area (Å²) in [5, 5.41) is 14.4. The number of thiazole rings is 1. The van der Waals surface area contributed by atoms with Crippen LogP contribution in [0.2, 0.25) is 5.02 Å². The van der Waals surface area contributed by atoms with Gasteiger partial charge in [-0.25, -0.2) is 4.98 Å². The second-order valence-electron chi connectivity index (χ2n) is 5.13. The predicted octanol–water partition coefficient (Wildman–Crippen LogP) is 4.26. The first-order chi connectivity index (χ1) is 11.9. The van der Waals surface area contributed by atoms with Gasteiger partial charge in [0.25, 0.3) is 11.6 Å². The largest absolute Gasteiger partial charge is 0.481 e. The molecule has 2 aromatic carbocycles. The molecular formula is C16H12ClN3O4S. The van der Waals surface area contributed by atoms with Crippen LogP contribution in [0.4, 0.5) is 10.8 Å². The van der Waals surface area contributed by atoms with Gasteiger partial charge in [0.05, 0.1) is 15.1 Å². The lowest BCUT2D eigenvalue weighted by Gasteiger charge is -2.13. The topological polar surface area (TPSA) is 94.4 Å². The molecule has 0 radical (unpaired) electrons. The standard InChI is InChI=1S/C16H12ClN3O4S/c1-9(24-12-5-3-11(4-6-12)20(22)23)15(21)19-16-18-13-7-2-10(17)8-14(13)25-16/h2-9H,1H3,(H,18,19,21). The summed E-state index contributed by atoms with van der Waals surface area (Å²) in [4.78, 5) is 26.7. The molecule has 1 unspecified atom stereocenters. The van der Waals surface area contributed by atoms with Crippen LogP contribution in [0, 0.1) is 10.1 Å². The van der Waals surface area contributed by atoms with Crippen molar-refractivity contribution < 1.29 is 14.5 Å². The number of nitrogens with one attached hydrogen (secondary N) is 1. The van der Waals surface area contributed by atoms with Crippen molar-refractivity contribution in [3.05, 3.63) is 57.6 Å². The number of anilines is 1. The Morgan fingerprint density at radius 2 is 2.04 bits per heavy atom. The predicted molar refractivity (Wildman–Crippen MR) is 96.4 cm³/mol. The number of ether oxygens (including phenoxy) is 1. The van der Waals surface area contributed by atoms with E-state index in [2.05, 4.69) is 10.3 Å². The highest BCUT2D eigenvalue weighted by Gasteiger charge is 2.17. The molecule has 0 saturated carbocycles. The van der Waals surface area contributed by atoms with E-state index in [1.807, 2.05) is 0 Å². The molecule has 0 fully saturated rings. The third kappa shape index (κ3) is 4.04. The fourth-order valence-electron chi connectivity index (χ4n) is 2.06. The minimum Gasteiger partial charge on any atom is -0.481 e. The molecule has 7 nitrogen and oxygen atoms in total. The Bertz CT molecular complexity index is 942. The molecule has 0 aliphatic carbocycles. The van der Waals surface area contributed by atoms with E-state index in [0.29, 0.717) is 15.9 Å². The molecule has 25 heavy (non-hydrogen) atoms. The van der Waals surface area contributed by atoms with E-state index in [9.17, 15) is 14.9 Å². The first-order valence-electron chi connectivity index (χ1n) is 7.20. The molecule has 9 heteroatoms. The summed E-state index contributed by atoms with van der Waals surface area (Å²) in [6.45, 7) is 1.58. The second kappa shape index (κ2) is 7.04. The molecule has 1 atom stereocenters. The Hall–Kier alpha value is -2.71. The first-order valence-corrected chi connectivity index (χ1v) is 8.40. The van der Waals surface area contributed by atoms with Crippen molar-refractivity contribution in [2.45, 2.75) is 13.0 Å². The normalized spacial score (nSPS) is 11.9. The SMILES string of the molecule is CC(Oc1ccc([N+](=O)[O-])cc1)C(=O)Nc1nc2ccc(Cl)cc2s1. The van der Waals surface area contributed by atoms with E-state index >= 15 is 0 Å². The van der Waals surface area contributed by atoms with Gasteiger partial charge in [0.15, 0.2) is 11.2 Å². The van der Waals surface area contributed by atoms with E-state index in [-0.39, 0.29) is 11.6 Å². The molecular weight excluding hydrogens is 366 g/mol. The summed E-state index contributed by atoms with van der Waals surface area (Å²) >= 11 is 7.25. The number of non-ortho nitro benzene ring substituents is 1. The van der Waals surface area contributed by atoms with E-state index in [0.717, 1.165) is 10.2 Å². The second-order valence-corrected chi connectivity index (χ2v) is 6.60. The number of nitro benzene ring substituents is 1. The highest BCUT2D eigenvalue weighted by Crippen LogP contribution is 2.28. The molecule has 3 aromatic rings. The molecule has 0 aliphatic heterocycles. The summed E-state index contributed by atoms with van der Waals surface area (Å²) in [5.74, 6) is -0.00663. The number of hydrogen-bond acceptors (Lipinski definition) is 6. The Labute approximate surface area is 151 Å². The first kappa shape index (κ1) is 17.1. The zero-order valence-electron chi connectivity index (χ0n) is 12.9. The summed E-state index contributed by atoms with van der Waals surface area (Å²) < 4.78 is 6.36. The maximum absolute atomic E-state index is 12.2. The average molecular weight is 378 g/mol. The van der Waals surface area contributed by atoms with Crippen molar-refractivity contribution in [1.82, 2.24) is 4.98 Å². The number of benzene rings is 2. The maximum Gasteiger partial charge on any atom is 0.269 e. The van der Waals surface area contributed by atoms with E-state index in [1.165, 1.54) is 35.6 Å². The summed E-state index contributed by atoms with van der Waals surface area (Å²) in [6, 6.07) is 10.8. The van der Waals surface area contributed by atoms with Crippen LogP contribution >= 0.6 is 22.9 Å². The molecule has 1 heterocycles. The van der Waals surface area contributed by atoms with Crippen molar-refractivity contribution in [3.63, 3.8) is 0 Å². The van der Waals surface area contributed by atoms with Crippen LogP contribution in [0.25, 0.3) is 10.2 Å². The van der Waals surface area contributed by atoms with Gasteiger partial charge in [-0.1, -0.05) is 22.9 Å². The highest BCUT2D eigenvalue weighted by molar-refractivity contribution is 7.22.